The van der Waals surface area contributed by atoms with Crippen LogP contribution in [0.5, 0.6) is 0 Å². The Morgan fingerprint density at radius 2 is 1.31 bits per heavy atom. The SMILES string of the molecule is c1ccc(-c2ccc3c(c2)CCc2cccc4nc(-c5ccccc5)n-3c24)cc1. The third-order valence-electron chi connectivity index (χ3n) is 5.88. The van der Waals surface area contributed by atoms with Gasteiger partial charge in [0, 0.05) is 5.56 Å². The number of imidazole rings is 1. The Hall–Kier alpha value is -3.65. The highest BCUT2D eigenvalue weighted by molar-refractivity contribution is 5.87. The van der Waals surface area contributed by atoms with E-state index in [9.17, 15) is 0 Å². The van der Waals surface area contributed by atoms with Crippen LogP contribution < -0.4 is 0 Å². The van der Waals surface area contributed by atoms with Crippen LogP contribution in [0.15, 0.2) is 97.1 Å². The van der Waals surface area contributed by atoms with Crippen molar-refractivity contribution in [1.29, 1.82) is 0 Å². The first-order chi connectivity index (χ1) is 14.4. The highest BCUT2D eigenvalue weighted by Crippen LogP contribution is 2.36. The summed E-state index contributed by atoms with van der Waals surface area (Å²) >= 11 is 0. The molecule has 0 atom stereocenters. The summed E-state index contributed by atoms with van der Waals surface area (Å²) in [5, 5.41) is 0. The quantitative estimate of drug-likeness (QED) is 0.348. The number of nitrogens with zero attached hydrogens (tertiary/aromatic N) is 2. The van der Waals surface area contributed by atoms with Gasteiger partial charge in [-0.25, -0.2) is 4.98 Å². The van der Waals surface area contributed by atoms with Gasteiger partial charge in [-0.2, -0.15) is 0 Å². The van der Waals surface area contributed by atoms with Gasteiger partial charge in [0.05, 0.1) is 16.7 Å². The van der Waals surface area contributed by atoms with Gasteiger partial charge in [0.2, 0.25) is 0 Å². The molecule has 5 aromatic rings. The largest absolute Gasteiger partial charge is 0.292 e. The van der Waals surface area contributed by atoms with Crippen molar-refractivity contribution in [3.8, 4) is 28.2 Å². The minimum Gasteiger partial charge on any atom is -0.292 e. The highest BCUT2D eigenvalue weighted by Gasteiger charge is 2.22. The van der Waals surface area contributed by atoms with Crippen LogP contribution in [0.25, 0.3) is 39.2 Å². The van der Waals surface area contributed by atoms with Crippen molar-refractivity contribution >= 4 is 11.0 Å². The summed E-state index contributed by atoms with van der Waals surface area (Å²) in [6.45, 7) is 0. The number of fused-ring (bicyclic) bond motifs is 2. The first-order valence-electron chi connectivity index (χ1n) is 10.1. The predicted octanol–water partition coefficient (Wildman–Crippen LogP) is 6.46. The van der Waals surface area contributed by atoms with Gasteiger partial charge in [0.1, 0.15) is 5.82 Å². The molecule has 0 bridgehead atoms. The Bertz CT molecular complexity index is 1330. The lowest BCUT2D eigenvalue weighted by molar-refractivity contribution is 0.971. The molecule has 4 aromatic carbocycles. The molecule has 29 heavy (non-hydrogen) atoms. The molecule has 0 radical (unpaired) electrons. The maximum Gasteiger partial charge on any atom is 0.145 e. The van der Waals surface area contributed by atoms with Crippen LogP contribution in [0.2, 0.25) is 0 Å². The molecular weight excluding hydrogens is 352 g/mol. The molecule has 6 rings (SSSR count). The average molecular weight is 372 g/mol. The van der Waals surface area contributed by atoms with Crippen molar-refractivity contribution in [3.63, 3.8) is 0 Å². The maximum atomic E-state index is 5.04. The summed E-state index contributed by atoms with van der Waals surface area (Å²) in [5.41, 5.74) is 9.99. The summed E-state index contributed by atoms with van der Waals surface area (Å²) in [4.78, 5) is 5.04. The van der Waals surface area contributed by atoms with Crippen LogP contribution in [0, 0.1) is 0 Å². The van der Waals surface area contributed by atoms with Gasteiger partial charge in [-0.3, -0.25) is 4.57 Å². The molecule has 2 heterocycles. The topological polar surface area (TPSA) is 17.8 Å². The van der Waals surface area contributed by atoms with Crippen LogP contribution >= 0.6 is 0 Å². The minimum absolute atomic E-state index is 1.02. The maximum absolute atomic E-state index is 5.04. The van der Waals surface area contributed by atoms with Gasteiger partial charge < -0.3 is 0 Å². The fraction of sp³-hybridized carbons (Fsp3) is 0.0741. The van der Waals surface area contributed by atoms with E-state index in [0.717, 1.165) is 29.7 Å². The molecule has 0 aliphatic carbocycles. The van der Waals surface area contributed by atoms with E-state index in [0.29, 0.717) is 0 Å². The summed E-state index contributed by atoms with van der Waals surface area (Å²) in [6, 6.07) is 34.5. The molecular formula is C27H20N2. The second-order valence-electron chi connectivity index (χ2n) is 7.63. The van der Waals surface area contributed by atoms with Crippen molar-refractivity contribution in [3.05, 3.63) is 108 Å². The molecule has 0 N–H and O–H groups in total. The van der Waals surface area contributed by atoms with Crippen LogP contribution in [-0.2, 0) is 12.8 Å². The molecule has 0 amide bonds. The van der Waals surface area contributed by atoms with Gasteiger partial charge in [0.15, 0.2) is 0 Å². The molecule has 2 heteroatoms. The normalized spacial score (nSPS) is 12.6. The smallest absolute Gasteiger partial charge is 0.145 e. The second-order valence-corrected chi connectivity index (χ2v) is 7.63. The van der Waals surface area contributed by atoms with Crippen molar-refractivity contribution in [2.75, 3.05) is 0 Å². The summed E-state index contributed by atoms with van der Waals surface area (Å²) in [7, 11) is 0. The molecule has 1 aromatic heterocycles. The molecule has 138 valence electrons. The van der Waals surface area contributed by atoms with E-state index >= 15 is 0 Å². The van der Waals surface area contributed by atoms with Crippen molar-refractivity contribution in [2.24, 2.45) is 0 Å². The zero-order valence-electron chi connectivity index (χ0n) is 16.0. The van der Waals surface area contributed by atoms with Gasteiger partial charge >= 0.3 is 0 Å². The number of aryl methyl sites for hydroxylation is 2. The number of hydrogen-bond acceptors (Lipinski definition) is 1. The highest BCUT2D eigenvalue weighted by atomic mass is 15.1. The molecule has 0 fully saturated rings. The fourth-order valence-corrected chi connectivity index (χ4v) is 4.50. The Kier molecular flexibility index (Phi) is 3.63. The zero-order chi connectivity index (χ0) is 19.2. The van der Waals surface area contributed by atoms with Crippen LogP contribution in [0.1, 0.15) is 11.1 Å². The molecule has 0 saturated heterocycles. The third-order valence-corrected chi connectivity index (χ3v) is 5.88. The monoisotopic (exact) mass is 372 g/mol. The van der Waals surface area contributed by atoms with Crippen molar-refractivity contribution < 1.29 is 0 Å². The Labute approximate surface area is 170 Å². The average Bonchev–Trinajstić information content (AvgIpc) is 3.10. The van der Waals surface area contributed by atoms with Crippen LogP contribution in [0.3, 0.4) is 0 Å². The first-order valence-corrected chi connectivity index (χ1v) is 10.1. The van der Waals surface area contributed by atoms with E-state index in [1.807, 2.05) is 0 Å². The third kappa shape index (κ3) is 2.60. The minimum atomic E-state index is 1.02. The van der Waals surface area contributed by atoms with Gasteiger partial charge in [-0.15, -0.1) is 0 Å². The van der Waals surface area contributed by atoms with E-state index in [4.69, 9.17) is 4.98 Å². The van der Waals surface area contributed by atoms with Crippen molar-refractivity contribution in [1.82, 2.24) is 9.55 Å². The molecule has 2 nitrogen and oxygen atoms in total. The molecule has 0 saturated carbocycles. The van der Waals surface area contributed by atoms with E-state index in [2.05, 4.69) is 102 Å². The van der Waals surface area contributed by atoms with Gasteiger partial charge in [-0.1, -0.05) is 78.9 Å². The number of benzene rings is 4. The molecule has 0 spiro atoms. The zero-order valence-corrected chi connectivity index (χ0v) is 16.0. The van der Waals surface area contributed by atoms with E-state index in [1.54, 1.807) is 0 Å². The van der Waals surface area contributed by atoms with E-state index in [-0.39, 0.29) is 0 Å². The lowest BCUT2D eigenvalue weighted by Gasteiger charge is -2.14. The van der Waals surface area contributed by atoms with Gasteiger partial charge in [-0.05, 0) is 53.3 Å². The Morgan fingerprint density at radius 3 is 2.10 bits per heavy atom. The van der Waals surface area contributed by atoms with Gasteiger partial charge in [0.25, 0.3) is 0 Å². The summed E-state index contributed by atoms with van der Waals surface area (Å²) < 4.78 is 2.37. The second kappa shape index (κ2) is 6.46. The number of para-hydroxylation sites is 1. The number of hydrogen-bond donors (Lipinski definition) is 0. The molecule has 1 aliphatic rings. The first kappa shape index (κ1) is 16.3. The summed E-state index contributed by atoms with van der Waals surface area (Å²) in [6.07, 6.45) is 2.06. The lowest BCUT2D eigenvalue weighted by Crippen LogP contribution is -2.01. The lowest BCUT2D eigenvalue weighted by atomic mass is 9.98. The van der Waals surface area contributed by atoms with Crippen LogP contribution in [0.4, 0.5) is 0 Å². The van der Waals surface area contributed by atoms with Crippen LogP contribution in [-0.4, -0.2) is 9.55 Å². The number of aromatic nitrogens is 2. The summed E-state index contributed by atoms with van der Waals surface area (Å²) in [5.74, 6) is 1.02. The van der Waals surface area contributed by atoms with E-state index < -0.39 is 0 Å². The van der Waals surface area contributed by atoms with E-state index in [1.165, 1.54) is 33.5 Å². The standard InChI is InChI=1S/C27H20N2/c1-3-8-19(9-4-1)22-16-17-25-23(18-22)15-14-20-12-7-13-24-26(20)29(25)27(28-24)21-10-5-2-6-11-21/h1-13,16-18H,14-15H2. The predicted molar refractivity (Wildman–Crippen MR) is 119 cm³/mol. The molecule has 0 unspecified atom stereocenters. The molecule has 1 aliphatic heterocycles. The van der Waals surface area contributed by atoms with Crippen molar-refractivity contribution in [2.45, 2.75) is 12.8 Å². The fourth-order valence-electron chi connectivity index (χ4n) is 4.50. The Morgan fingerprint density at radius 1 is 0.586 bits per heavy atom. The number of rotatable bonds is 2. The Balaban J connectivity index is 1.63.